The number of ether oxygens (including phenoxy) is 8. The fourth-order valence-corrected chi connectivity index (χ4v) is 5.99. The summed E-state index contributed by atoms with van der Waals surface area (Å²) in [5, 5.41) is 45.3. The van der Waals surface area contributed by atoms with Crippen LogP contribution in [0.3, 0.4) is 0 Å². The van der Waals surface area contributed by atoms with E-state index in [2.05, 4.69) is 0 Å². The van der Waals surface area contributed by atoms with Crippen molar-refractivity contribution in [3.05, 3.63) is 23.8 Å². The standard InChI is InChI=1S/C39H66N4O16.Gd/c1-3-52-15-17-54-19-21-56-23-25-58-33-6-5-32(35(28-33)59-26-24-57-22-20-55-18-16-53-4-2)27-34(39(50)51)43-13-11-41(30-37(46)47)9-7-40(29-36(44)45)8-10-42(12-14-43)31-38(48)49;/h5-6,28,34H,3-4,7-27,29-31H2,1-2H3,(H,44,45)(H,46,47)(H,48,49)(H,50,51);/q;+3/p-3. The monoisotopic (exact) mass is 1000 g/mol. The molecule has 60 heavy (non-hydrogen) atoms. The molecule has 1 N–H and O–H groups in total. The van der Waals surface area contributed by atoms with Crippen LogP contribution in [0.25, 0.3) is 0 Å². The molecule has 1 aliphatic heterocycles. The molecule has 21 heteroatoms. The minimum absolute atomic E-state index is 0. The molecule has 1 unspecified atom stereocenters. The molecule has 1 aromatic carbocycles. The van der Waals surface area contributed by atoms with E-state index in [1.807, 2.05) is 13.8 Å². The molecule has 0 spiro atoms. The fourth-order valence-electron chi connectivity index (χ4n) is 5.99. The maximum absolute atomic E-state index is 13.0. The molecule has 20 nitrogen and oxygen atoms in total. The summed E-state index contributed by atoms with van der Waals surface area (Å²) in [6.07, 6.45) is -0.0355. The van der Waals surface area contributed by atoms with Crippen LogP contribution in [0.4, 0.5) is 0 Å². The average Bonchev–Trinajstić information content (AvgIpc) is 3.18. The second-order valence-electron chi connectivity index (χ2n) is 13.3. The summed E-state index contributed by atoms with van der Waals surface area (Å²) in [6, 6.07) is 3.94. The zero-order chi connectivity index (χ0) is 43.1. The SMILES string of the molecule is CCOCCOCCOCCOc1ccc(CC(C(=O)O)N2CCN(CC(=O)[O-])CCN(CC(=O)[O-])CCN(CC(=O)[O-])CC2)c(OCCOCCOCCOCC)c1.[Gd+3]. The second kappa shape index (κ2) is 35.1. The van der Waals surface area contributed by atoms with Gasteiger partial charge < -0.3 is 72.7 Å². The molecule has 1 atom stereocenters. The van der Waals surface area contributed by atoms with Crippen molar-refractivity contribution in [2.75, 3.05) is 164 Å². The Labute approximate surface area is 384 Å². The minimum atomic E-state index is -1.35. The second-order valence-corrected chi connectivity index (χ2v) is 13.3. The van der Waals surface area contributed by atoms with Crippen molar-refractivity contribution in [3.63, 3.8) is 0 Å². The van der Waals surface area contributed by atoms with Crippen molar-refractivity contribution in [3.8, 4) is 11.5 Å². The van der Waals surface area contributed by atoms with Gasteiger partial charge in [0.05, 0.1) is 84.0 Å². The Morgan fingerprint density at radius 1 is 0.567 bits per heavy atom. The predicted octanol–water partition coefficient (Wildman–Crippen LogP) is -3.95. The molecule has 0 bridgehead atoms. The van der Waals surface area contributed by atoms with Crippen LogP contribution in [0.15, 0.2) is 18.2 Å². The van der Waals surface area contributed by atoms with Gasteiger partial charge in [0.1, 0.15) is 30.8 Å². The van der Waals surface area contributed by atoms with Crippen LogP contribution in [-0.4, -0.2) is 219 Å². The summed E-state index contributed by atoms with van der Waals surface area (Å²) in [4.78, 5) is 54.0. The number of rotatable bonds is 32. The van der Waals surface area contributed by atoms with E-state index in [-0.39, 0.29) is 119 Å². The Morgan fingerprint density at radius 3 is 1.32 bits per heavy atom. The molecule has 2 rings (SSSR count). The zero-order valence-corrected chi connectivity index (χ0v) is 37.2. The minimum Gasteiger partial charge on any atom is -0.549 e. The smallest absolute Gasteiger partial charge is 0.549 e. The van der Waals surface area contributed by atoms with Gasteiger partial charge in [-0.15, -0.1) is 0 Å². The summed E-state index contributed by atoms with van der Waals surface area (Å²) < 4.78 is 44.7. The first-order valence-electron chi connectivity index (χ1n) is 20.1. The van der Waals surface area contributed by atoms with Crippen molar-refractivity contribution >= 4 is 23.9 Å². The van der Waals surface area contributed by atoms with Crippen LogP contribution >= 0.6 is 0 Å². The summed E-state index contributed by atoms with van der Waals surface area (Å²) in [5.74, 6) is -4.35. The summed E-state index contributed by atoms with van der Waals surface area (Å²) in [5.41, 5.74) is 0.548. The summed E-state index contributed by atoms with van der Waals surface area (Å²) >= 11 is 0. The topological polar surface area (TPSA) is 244 Å². The van der Waals surface area contributed by atoms with Crippen LogP contribution in [0.5, 0.6) is 11.5 Å². The maximum Gasteiger partial charge on any atom is 3.00 e. The number of nitrogens with zero attached hydrogens (tertiary/aromatic N) is 4. The summed E-state index contributed by atoms with van der Waals surface area (Å²) in [7, 11) is 0. The predicted molar refractivity (Wildman–Crippen MR) is 205 cm³/mol. The Hall–Kier alpha value is -2.38. The van der Waals surface area contributed by atoms with Crippen molar-refractivity contribution in [2.45, 2.75) is 26.3 Å². The van der Waals surface area contributed by atoms with Crippen LogP contribution in [0.1, 0.15) is 19.4 Å². The van der Waals surface area contributed by atoms with Crippen molar-refractivity contribution in [1.29, 1.82) is 0 Å². The van der Waals surface area contributed by atoms with Gasteiger partial charge in [0, 0.05) is 97.7 Å². The molecule has 1 radical (unpaired) electrons. The van der Waals surface area contributed by atoms with Crippen molar-refractivity contribution < 1.29 is 117 Å². The van der Waals surface area contributed by atoms with E-state index in [1.54, 1.807) is 32.9 Å². The van der Waals surface area contributed by atoms with Crippen molar-refractivity contribution in [2.24, 2.45) is 0 Å². The van der Waals surface area contributed by atoms with Crippen LogP contribution in [0, 0.1) is 39.9 Å². The molecule has 1 saturated heterocycles. The average molecular weight is 1000 g/mol. The Kier molecular flexibility index (Phi) is 32.6. The molecule has 0 aliphatic carbocycles. The largest absolute Gasteiger partial charge is 3.00 e. The van der Waals surface area contributed by atoms with Gasteiger partial charge in [0.2, 0.25) is 0 Å². The van der Waals surface area contributed by atoms with Gasteiger partial charge in [-0.2, -0.15) is 0 Å². The number of carboxylic acid groups (broad SMARTS) is 4. The third kappa shape index (κ3) is 26.8. The summed E-state index contributed by atoms with van der Waals surface area (Å²) in [6.45, 7) is 8.89. The van der Waals surface area contributed by atoms with E-state index in [4.69, 9.17) is 37.9 Å². The number of aliphatic carboxylic acids is 4. The van der Waals surface area contributed by atoms with Crippen molar-refractivity contribution in [1.82, 2.24) is 19.6 Å². The number of benzene rings is 1. The van der Waals surface area contributed by atoms with Crippen LogP contribution in [0.2, 0.25) is 0 Å². The Morgan fingerprint density at radius 2 is 0.933 bits per heavy atom. The van der Waals surface area contributed by atoms with E-state index in [0.717, 1.165) is 0 Å². The first-order chi connectivity index (χ1) is 28.5. The third-order valence-electron chi connectivity index (χ3n) is 8.99. The van der Waals surface area contributed by atoms with Gasteiger partial charge >= 0.3 is 45.9 Å². The first kappa shape index (κ1) is 55.6. The number of hydrogen-bond donors (Lipinski definition) is 1. The number of carbonyl (C=O) groups excluding carboxylic acids is 3. The van der Waals surface area contributed by atoms with Gasteiger partial charge in [-0.05, 0) is 25.5 Å². The molecule has 1 heterocycles. The third-order valence-corrected chi connectivity index (χ3v) is 8.99. The molecule has 343 valence electrons. The normalized spacial score (nSPS) is 15.6. The molecular formula is C39H63GdN4O16. The molecule has 0 saturated carbocycles. The van der Waals surface area contributed by atoms with Crippen LogP contribution < -0.4 is 24.8 Å². The number of hydrogen-bond acceptors (Lipinski definition) is 19. The number of carboxylic acids is 4. The van der Waals surface area contributed by atoms with E-state index < -0.39 is 49.6 Å². The quantitative estimate of drug-likeness (QED) is 0.0678. The van der Waals surface area contributed by atoms with Gasteiger partial charge in [-0.25, -0.2) is 0 Å². The van der Waals surface area contributed by atoms with Crippen LogP contribution in [-0.2, 0) is 54.0 Å². The van der Waals surface area contributed by atoms with Gasteiger partial charge in [-0.3, -0.25) is 24.4 Å². The van der Waals surface area contributed by atoms with Gasteiger partial charge in [0.25, 0.3) is 0 Å². The first-order valence-corrected chi connectivity index (χ1v) is 20.1. The number of carbonyl (C=O) groups is 4. The molecular weight excluding hydrogens is 938 g/mol. The molecule has 0 amide bonds. The Balaban J connectivity index is 0.0000180. The van der Waals surface area contributed by atoms with E-state index in [0.29, 0.717) is 89.7 Å². The molecule has 1 aliphatic rings. The molecule has 0 aromatic heterocycles. The zero-order valence-electron chi connectivity index (χ0n) is 34.9. The fraction of sp³-hybridized carbons (Fsp3) is 0.744. The Bertz CT molecular complexity index is 1300. The van der Waals surface area contributed by atoms with E-state index in [9.17, 15) is 39.6 Å². The molecule has 1 aromatic rings. The van der Waals surface area contributed by atoms with Gasteiger partial charge in [0.15, 0.2) is 0 Å². The molecule has 1 fully saturated rings. The van der Waals surface area contributed by atoms with Gasteiger partial charge in [-0.1, -0.05) is 6.07 Å². The van der Waals surface area contributed by atoms with E-state index in [1.165, 1.54) is 4.90 Å². The van der Waals surface area contributed by atoms with E-state index >= 15 is 0 Å². The maximum atomic E-state index is 13.0.